The van der Waals surface area contributed by atoms with Crippen LogP contribution in [0.1, 0.15) is 17.3 Å². The van der Waals surface area contributed by atoms with Crippen LogP contribution in [0.5, 0.6) is 0 Å². The van der Waals surface area contributed by atoms with Gasteiger partial charge in [0.25, 0.3) is 0 Å². The average Bonchev–Trinajstić information content (AvgIpc) is 3.30. The van der Waals surface area contributed by atoms with E-state index in [0.717, 1.165) is 12.1 Å². The van der Waals surface area contributed by atoms with Gasteiger partial charge in [-0.3, -0.25) is 9.48 Å². The van der Waals surface area contributed by atoms with E-state index in [9.17, 15) is 9.18 Å². The predicted octanol–water partition coefficient (Wildman–Crippen LogP) is 1.05. The number of hydrogen-bond acceptors (Lipinski definition) is 4. The fourth-order valence-corrected chi connectivity index (χ4v) is 3.36. The molecule has 1 amide bonds. The summed E-state index contributed by atoms with van der Waals surface area (Å²) in [6.45, 7) is 1.68. The van der Waals surface area contributed by atoms with Crippen LogP contribution in [0, 0.1) is 11.7 Å². The molecule has 3 N–H and O–H groups in total. The molecule has 0 saturated carbocycles. The van der Waals surface area contributed by atoms with Crippen LogP contribution >= 0.6 is 0 Å². The van der Waals surface area contributed by atoms with Crippen LogP contribution in [0.15, 0.2) is 30.6 Å². The molecule has 1 aromatic carbocycles. The Morgan fingerprint density at radius 3 is 3.12 bits per heavy atom. The van der Waals surface area contributed by atoms with Gasteiger partial charge in [0.05, 0.1) is 29.7 Å². The van der Waals surface area contributed by atoms with Gasteiger partial charge in [-0.1, -0.05) is 0 Å². The number of aromatic amines is 1. The number of amides is 1. The lowest BCUT2D eigenvalue weighted by Crippen LogP contribution is -2.34. The van der Waals surface area contributed by atoms with E-state index in [4.69, 9.17) is 0 Å². The maximum Gasteiger partial charge on any atom is 0.225 e. The number of imidazole rings is 1. The first-order chi connectivity index (χ1) is 12.1. The Bertz CT molecular complexity index is 917. The van der Waals surface area contributed by atoms with Crippen molar-refractivity contribution in [1.29, 1.82) is 0 Å². The molecule has 0 bridgehead atoms. The fraction of sp³-hybridized carbons (Fsp3) is 0.353. The lowest BCUT2D eigenvalue weighted by molar-refractivity contribution is -0.125. The second kappa shape index (κ2) is 6.29. The second-order valence-corrected chi connectivity index (χ2v) is 6.38. The van der Waals surface area contributed by atoms with Gasteiger partial charge in [-0.25, -0.2) is 9.37 Å². The number of aryl methyl sites for hydroxylation is 1. The molecule has 1 aliphatic rings. The summed E-state index contributed by atoms with van der Waals surface area (Å²) < 4.78 is 15.0. The summed E-state index contributed by atoms with van der Waals surface area (Å²) in [5.74, 6) is 0.232. The van der Waals surface area contributed by atoms with Crippen molar-refractivity contribution in [3.05, 3.63) is 47.8 Å². The summed E-state index contributed by atoms with van der Waals surface area (Å²) >= 11 is 0. The van der Waals surface area contributed by atoms with Gasteiger partial charge in [0.15, 0.2) is 0 Å². The van der Waals surface area contributed by atoms with Crippen LogP contribution in [0.4, 0.5) is 4.39 Å². The zero-order chi connectivity index (χ0) is 17.4. The van der Waals surface area contributed by atoms with Crippen LogP contribution in [-0.2, 0) is 18.4 Å². The average molecular weight is 342 g/mol. The van der Waals surface area contributed by atoms with E-state index in [1.54, 1.807) is 10.7 Å². The standard InChI is InChI=1S/C17H19FN6O/c1-24-9-10(5-21-24)12-6-19-7-13(12)17(25)20-8-16-22-14-3-2-11(18)4-15(14)23-16/h2-5,9,12-13,19H,6-8H2,1H3,(H,20,25)(H,22,23)/t12-,13+/m1/s1. The van der Waals surface area contributed by atoms with E-state index in [-0.39, 0.29) is 30.1 Å². The molecule has 2 aromatic heterocycles. The highest BCUT2D eigenvalue weighted by Crippen LogP contribution is 2.28. The van der Waals surface area contributed by atoms with Crippen molar-refractivity contribution in [2.75, 3.05) is 13.1 Å². The number of aromatic nitrogens is 4. The molecule has 7 nitrogen and oxygen atoms in total. The molecule has 2 atom stereocenters. The third-order valence-corrected chi connectivity index (χ3v) is 4.63. The first kappa shape index (κ1) is 15.8. The highest BCUT2D eigenvalue weighted by Gasteiger charge is 2.34. The number of benzene rings is 1. The third kappa shape index (κ3) is 3.12. The van der Waals surface area contributed by atoms with E-state index in [0.29, 0.717) is 23.4 Å². The summed E-state index contributed by atoms with van der Waals surface area (Å²) in [7, 11) is 1.87. The molecule has 0 unspecified atom stereocenters. The van der Waals surface area contributed by atoms with Crippen molar-refractivity contribution in [1.82, 2.24) is 30.4 Å². The van der Waals surface area contributed by atoms with Crippen molar-refractivity contribution in [3.8, 4) is 0 Å². The minimum atomic E-state index is -0.317. The highest BCUT2D eigenvalue weighted by molar-refractivity contribution is 5.80. The van der Waals surface area contributed by atoms with Gasteiger partial charge in [0.1, 0.15) is 11.6 Å². The van der Waals surface area contributed by atoms with E-state index < -0.39 is 0 Å². The Morgan fingerprint density at radius 2 is 2.32 bits per heavy atom. The van der Waals surface area contributed by atoms with Crippen LogP contribution < -0.4 is 10.6 Å². The van der Waals surface area contributed by atoms with Crippen molar-refractivity contribution >= 4 is 16.9 Å². The summed E-state index contributed by atoms with van der Waals surface area (Å²) in [6, 6.07) is 4.38. The summed E-state index contributed by atoms with van der Waals surface area (Å²) in [6.07, 6.45) is 3.76. The van der Waals surface area contributed by atoms with Crippen LogP contribution in [0.3, 0.4) is 0 Å². The smallest absolute Gasteiger partial charge is 0.225 e. The monoisotopic (exact) mass is 342 g/mol. The van der Waals surface area contributed by atoms with E-state index in [2.05, 4.69) is 25.7 Å². The second-order valence-electron chi connectivity index (χ2n) is 6.38. The number of rotatable bonds is 4. The van der Waals surface area contributed by atoms with Crippen molar-refractivity contribution in [2.45, 2.75) is 12.5 Å². The molecule has 3 heterocycles. The van der Waals surface area contributed by atoms with E-state index in [1.165, 1.54) is 12.1 Å². The van der Waals surface area contributed by atoms with E-state index >= 15 is 0 Å². The number of fused-ring (bicyclic) bond motifs is 1. The molecule has 130 valence electrons. The number of carbonyl (C=O) groups excluding carboxylic acids is 1. The van der Waals surface area contributed by atoms with Gasteiger partial charge in [-0.2, -0.15) is 5.10 Å². The number of H-pyrrole nitrogens is 1. The molecule has 3 aromatic rings. The van der Waals surface area contributed by atoms with Crippen LogP contribution in [0.2, 0.25) is 0 Å². The zero-order valence-corrected chi connectivity index (χ0v) is 13.8. The Balaban J connectivity index is 1.43. The fourth-order valence-electron chi connectivity index (χ4n) is 3.36. The summed E-state index contributed by atoms with van der Waals surface area (Å²) in [5, 5.41) is 10.4. The third-order valence-electron chi connectivity index (χ3n) is 4.63. The minimum absolute atomic E-state index is 0.0227. The molecule has 8 heteroatoms. The lowest BCUT2D eigenvalue weighted by atomic mass is 9.90. The van der Waals surface area contributed by atoms with Gasteiger partial charge >= 0.3 is 0 Å². The SMILES string of the molecule is Cn1cc([C@H]2CNC[C@@H]2C(=O)NCc2nc3ccc(F)cc3[nH]2)cn1. The summed E-state index contributed by atoms with van der Waals surface area (Å²) in [4.78, 5) is 20.0. The first-order valence-electron chi connectivity index (χ1n) is 8.21. The largest absolute Gasteiger partial charge is 0.349 e. The number of halogens is 1. The molecule has 0 spiro atoms. The van der Waals surface area contributed by atoms with Crippen molar-refractivity contribution in [2.24, 2.45) is 13.0 Å². The maximum absolute atomic E-state index is 13.2. The quantitative estimate of drug-likeness (QED) is 0.661. The molecule has 1 aliphatic heterocycles. The van der Waals surface area contributed by atoms with Crippen molar-refractivity contribution in [3.63, 3.8) is 0 Å². The molecule has 1 fully saturated rings. The normalized spacial score (nSPS) is 20.2. The Hall–Kier alpha value is -2.74. The Morgan fingerprint density at radius 1 is 1.44 bits per heavy atom. The first-order valence-corrected chi connectivity index (χ1v) is 8.21. The van der Waals surface area contributed by atoms with Crippen molar-refractivity contribution < 1.29 is 9.18 Å². The van der Waals surface area contributed by atoms with Crippen LogP contribution in [0.25, 0.3) is 11.0 Å². The lowest BCUT2D eigenvalue weighted by Gasteiger charge is -2.16. The molecule has 4 rings (SSSR count). The van der Waals surface area contributed by atoms with Gasteiger partial charge in [0.2, 0.25) is 5.91 Å². The zero-order valence-electron chi connectivity index (χ0n) is 13.8. The molecule has 0 aliphatic carbocycles. The molecule has 0 radical (unpaired) electrons. The number of nitrogens with one attached hydrogen (secondary N) is 3. The molecule has 25 heavy (non-hydrogen) atoms. The van der Waals surface area contributed by atoms with Crippen LogP contribution in [-0.4, -0.2) is 38.7 Å². The van der Waals surface area contributed by atoms with Gasteiger partial charge < -0.3 is 15.6 Å². The maximum atomic E-state index is 13.2. The summed E-state index contributed by atoms with van der Waals surface area (Å²) in [5.41, 5.74) is 2.37. The minimum Gasteiger partial charge on any atom is -0.349 e. The number of carbonyl (C=O) groups is 1. The number of nitrogens with zero attached hydrogens (tertiary/aromatic N) is 3. The Kier molecular flexibility index (Phi) is 3.96. The topological polar surface area (TPSA) is 87.6 Å². The van der Waals surface area contributed by atoms with Gasteiger partial charge in [-0.05, 0) is 23.8 Å². The number of hydrogen-bond donors (Lipinski definition) is 3. The Labute approximate surface area is 143 Å². The predicted molar refractivity (Wildman–Crippen MR) is 90.2 cm³/mol. The van der Waals surface area contributed by atoms with Gasteiger partial charge in [-0.15, -0.1) is 0 Å². The molecule has 1 saturated heterocycles. The van der Waals surface area contributed by atoms with E-state index in [1.807, 2.05) is 19.4 Å². The molecular weight excluding hydrogens is 323 g/mol. The van der Waals surface area contributed by atoms with Gasteiger partial charge in [0, 0.05) is 32.3 Å². The molecular formula is C17H19FN6O. The highest BCUT2D eigenvalue weighted by atomic mass is 19.1.